The Hall–Kier alpha value is -1.89. The molecular weight excluding hydrogens is 340 g/mol. The lowest BCUT2D eigenvalue weighted by molar-refractivity contribution is -0.139. The second kappa shape index (κ2) is 7.56. The predicted octanol–water partition coefficient (Wildman–Crippen LogP) is 3.39. The van der Waals surface area contributed by atoms with Crippen LogP contribution in [-0.2, 0) is 9.53 Å². The Kier molecular flexibility index (Phi) is 5.42. The van der Waals surface area contributed by atoms with Crippen LogP contribution in [0.15, 0.2) is 18.2 Å². The van der Waals surface area contributed by atoms with Gasteiger partial charge in [-0.15, -0.1) is 0 Å². The largest absolute Gasteiger partial charge is 0.478 e. The second-order valence-electron chi connectivity index (χ2n) is 6.72. The van der Waals surface area contributed by atoms with E-state index >= 15 is 0 Å². The van der Waals surface area contributed by atoms with E-state index in [2.05, 4.69) is 9.62 Å². The number of nitrogens with zero attached hydrogens (tertiary/aromatic N) is 1. The quantitative estimate of drug-likeness (QED) is 0.567. The van der Waals surface area contributed by atoms with Gasteiger partial charge in [-0.3, -0.25) is 4.79 Å². The minimum absolute atomic E-state index is 0.204. The van der Waals surface area contributed by atoms with Crippen LogP contribution in [0, 0.1) is 5.41 Å². The van der Waals surface area contributed by atoms with E-state index in [0.29, 0.717) is 17.6 Å². The van der Waals surface area contributed by atoms with Crippen LogP contribution in [0.5, 0.6) is 0 Å². The Morgan fingerprint density at radius 2 is 2.00 bits per heavy atom. The molecule has 1 aromatic rings. The number of hydrogen-bond donors (Lipinski definition) is 2. The molecule has 25 heavy (non-hydrogen) atoms. The summed E-state index contributed by atoms with van der Waals surface area (Å²) < 4.78 is 7.99. The van der Waals surface area contributed by atoms with Crippen LogP contribution in [0.4, 0.5) is 11.4 Å². The highest BCUT2D eigenvalue weighted by Crippen LogP contribution is 2.54. The van der Waals surface area contributed by atoms with Crippen molar-refractivity contribution < 1.29 is 19.4 Å². The molecule has 0 aromatic heterocycles. The van der Waals surface area contributed by atoms with Gasteiger partial charge in [-0.1, -0.05) is 0 Å². The van der Waals surface area contributed by atoms with Gasteiger partial charge < -0.3 is 19.5 Å². The summed E-state index contributed by atoms with van der Waals surface area (Å²) in [7, 11) is 0. The topological polar surface area (TPSA) is 78.9 Å². The van der Waals surface area contributed by atoms with Crippen LogP contribution in [-0.4, -0.2) is 42.5 Å². The molecule has 2 N–H and O–H groups in total. The Bertz CT molecular complexity index is 650. The van der Waals surface area contributed by atoms with Gasteiger partial charge >= 0.3 is 11.9 Å². The molecule has 6 nitrogen and oxygen atoms in total. The third-order valence-electron chi connectivity index (χ3n) is 5.04. The molecule has 1 aliphatic heterocycles. The summed E-state index contributed by atoms with van der Waals surface area (Å²) >= 11 is 1.24. The summed E-state index contributed by atoms with van der Waals surface area (Å²) in [4.78, 5) is 25.1. The van der Waals surface area contributed by atoms with Gasteiger partial charge in [0.15, 0.2) is 0 Å². The number of carbonyl (C=O) groups is 2. The van der Waals surface area contributed by atoms with E-state index in [4.69, 9.17) is 4.74 Å². The fourth-order valence-electron chi connectivity index (χ4n) is 3.32. The van der Waals surface area contributed by atoms with E-state index in [1.54, 1.807) is 19.1 Å². The summed E-state index contributed by atoms with van der Waals surface area (Å²) in [5, 5.41) is 9.50. The predicted molar refractivity (Wildman–Crippen MR) is 99.2 cm³/mol. The summed E-state index contributed by atoms with van der Waals surface area (Å²) in [6.45, 7) is 3.95. The molecular formula is C18H24N2O4S. The first kappa shape index (κ1) is 17.9. The molecule has 3 rings (SSSR count). The first-order valence-electron chi connectivity index (χ1n) is 8.69. The Morgan fingerprint density at radius 1 is 1.28 bits per heavy atom. The van der Waals surface area contributed by atoms with Crippen molar-refractivity contribution in [2.75, 3.05) is 35.1 Å². The number of nitrogens with one attached hydrogen (secondary N) is 1. The standard InChI is InChI=1S/C18H24N2O4S/c1-2-24-16(21)12-25-19-13-3-4-14(17(22)23)15(11-13)20-9-7-18(5-6-18)8-10-20/h3-4,11,19H,2,5-10,12H2,1H3,(H,22,23). The molecule has 136 valence electrons. The molecule has 1 heterocycles. The van der Waals surface area contributed by atoms with Crippen molar-refractivity contribution >= 4 is 35.3 Å². The molecule has 0 unspecified atom stereocenters. The van der Waals surface area contributed by atoms with Crippen LogP contribution >= 0.6 is 11.9 Å². The first-order valence-corrected chi connectivity index (χ1v) is 9.67. The van der Waals surface area contributed by atoms with Gasteiger partial charge in [0.1, 0.15) is 5.75 Å². The maximum absolute atomic E-state index is 11.6. The van der Waals surface area contributed by atoms with Gasteiger partial charge in [0.25, 0.3) is 0 Å². The van der Waals surface area contributed by atoms with Crippen molar-refractivity contribution in [1.82, 2.24) is 0 Å². The van der Waals surface area contributed by atoms with E-state index in [0.717, 1.165) is 37.3 Å². The van der Waals surface area contributed by atoms with Crippen LogP contribution in [0.3, 0.4) is 0 Å². The third kappa shape index (κ3) is 4.39. The number of piperidine rings is 1. The van der Waals surface area contributed by atoms with E-state index in [1.165, 1.54) is 24.8 Å². The number of rotatable bonds is 7. The molecule has 1 saturated heterocycles. The molecule has 0 radical (unpaired) electrons. The molecule has 7 heteroatoms. The molecule has 0 atom stereocenters. The van der Waals surface area contributed by atoms with Crippen molar-refractivity contribution in [3.63, 3.8) is 0 Å². The average molecular weight is 364 g/mol. The average Bonchev–Trinajstić information content (AvgIpc) is 3.34. The van der Waals surface area contributed by atoms with Crippen LogP contribution in [0.2, 0.25) is 0 Å². The Labute approximate surface area is 152 Å². The monoisotopic (exact) mass is 364 g/mol. The number of benzene rings is 1. The maximum Gasteiger partial charge on any atom is 0.337 e. The zero-order valence-electron chi connectivity index (χ0n) is 14.4. The highest BCUT2D eigenvalue weighted by molar-refractivity contribution is 8.01. The molecule has 1 saturated carbocycles. The van der Waals surface area contributed by atoms with Gasteiger partial charge in [-0.05, 0) is 68.2 Å². The molecule has 1 spiro atoms. The van der Waals surface area contributed by atoms with Crippen molar-refractivity contribution in [3.8, 4) is 0 Å². The molecule has 0 amide bonds. The molecule has 1 aromatic carbocycles. The number of hydrogen-bond acceptors (Lipinski definition) is 6. The lowest BCUT2D eigenvalue weighted by Gasteiger charge is -2.34. The summed E-state index contributed by atoms with van der Waals surface area (Å²) in [6.07, 6.45) is 4.92. The summed E-state index contributed by atoms with van der Waals surface area (Å²) in [6, 6.07) is 5.23. The molecule has 2 fully saturated rings. The van der Waals surface area contributed by atoms with Gasteiger partial charge in [-0.25, -0.2) is 4.79 Å². The first-order chi connectivity index (χ1) is 12.0. The van der Waals surface area contributed by atoms with Crippen LogP contribution < -0.4 is 9.62 Å². The third-order valence-corrected chi connectivity index (χ3v) is 5.80. The zero-order chi connectivity index (χ0) is 17.9. The maximum atomic E-state index is 11.6. The van der Waals surface area contributed by atoms with Gasteiger partial charge in [0.2, 0.25) is 0 Å². The lowest BCUT2D eigenvalue weighted by Crippen LogP contribution is -2.35. The second-order valence-corrected chi connectivity index (χ2v) is 7.50. The SMILES string of the molecule is CCOC(=O)CSNc1ccc(C(=O)O)c(N2CCC3(CC2)CC3)c1. The Morgan fingerprint density at radius 3 is 2.60 bits per heavy atom. The Balaban J connectivity index is 1.67. The van der Waals surface area contributed by atoms with E-state index < -0.39 is 5.97 Å². The number of aromatic carboxylic acids is 1. The number of ether oxygens (including phenoxy) is 1. The van der Waals surface area contributed by atoms with E-state index in [-0.39, 0.29) is 11.7 Å². The minimum Gasteiger partial charge on any atom is -0.478 e. The van der Waals surface area contributed by atoms with Crippen molar-refractivity contribution in [3.05, 3.63) is 23.8 Å². The fraction of sp³-hybridized carbons (Fsp3) is 0.556. The highest BCUT2D eigenvalue weighted by Gasteiger charge is 2.44. The van der Waals surface area contributed by atoms with Crippen molar-refractivity contribution in [2.24, 2.45) is 5.41 Å². The van der Waals surface area contributed by atoms with E-state index in [9.17, 15) is 14.7 Å². The van der Waals surface area contributed by atoms with Crippen molar-refractivity contribution in [1.29, 1.82) is 0 Å². The lowest BCUT2D eigenvalue weighted by atomic mass is 9.93. The summed E-state index contributed by atoms with van der Waals surface area (Å²) in [5.41, 5.74) is 2.42. The zero-order valence-corrected chi connectivity index (χ0v) is 15.2. The van der Waals surface area contributed by atoms with E-state index in [1.807, 2.05) is 6.07 Å². The minimum atomic E-state index is -0.910. The van der Waals surface area contributed by atoms with Gasteiger partial charge in [-0.2, -0.15) is 0 Å². The number of esters is 1. The summed E-state index contributed by atoms with van der Waals surface area (Å²) in [5.74, 6) is -0.976. The molecule has 2 aliphatic rings. The normalized spacial score (nSPS) is 18.0. The van der Waals surface area contributed by atoms with Gasteiger partial charge in [0, 0.05) is 18.8 Å². The number of anilines is 2. The molecule has 0 bridgehead atoms. The van der Waals surface area contributed by atoms with Crippen LogP contribution in [0.1, 0.15) is 43.0 Å². The fourth-order valence-corrected chi connectivity index (χ4v) is 3.88. The highest BCUT2D eigenvalue weighted by atomic mass is 32.2. The number of carboxylic acids is 1. The number of carboxylic acid groups (broad SMARTS) is 1. The van der Waals surface area contributed by atoms with Crippen LogP contribution in [0.25, 0.3) is 0 Å². The van der Waals surface area contributed by atoms with Crippen molar-refractivity contribution in [2.45, 2.75) is 32.6 Å². The van der Waals surface area contributed by atoms with Gasteiger partial charge in [0.05, 0.1) is 17.9 Å². The smallest absolute Gasteiger partial charge is 0.337 e. The number of carbonyl (C=O) groups excluding carboxylic acids is 1. The molecule has 1 aliphatic carbocycles.